The average Bonchev–Trinajstić information content (AvgIpc) is 3.34. The molecule has 0 aliphatic rings. The monoisotopic (exact) mass is 438 g/mol. The number of aromatic nitrogens is 2. The molecule has 6 aromatic rings. The van der Waals surface area contributed by atoms with Gasteiger partial charge in [-0.05, 0) is 41.1 Å². The third-order valence-electron chi connectivity index (χ3n) is 5.73. The molecule has 2 aromatic heterocycles. The number of rotatable bonds is 3. The van der Waals surface area contributed by atoms with Crippen LogP contribution < -0.4 is 0 Å². The van der Waals surface area contributed by atoms with Crippen molar-refractivity contribution in [2.45, 2.75) is 4.90 Å². The van der Waals surface area contributed by atoms with Crippen LogP contribution in [0.15, 0.2) is 100 Å². The van der Waals surface area contributed by atoms with Crippen molar-refractivity contribution in [2.75, 3.05) is 6.26 Å². The lowest BCUT2D eigenvalue weighted by molar-refractivity contribution is 0.602. The number of hydrogen-bond donors (Lipinski definition) is 0. The molecular weight excluding hydrogens is 420 g/mol. The fourth-order valence-electron chi connectivity index (χ4n) is 4.18. The van der Waals surface area contributed by atoms with Crippen molar-refractivity contribution in [1.82, 2.24) is 9.38 Å². The molecule has 0 spiro atoms. The van der Waals surface area contributed by atoms with Gasteiger partial charge in [-0.2, -0.15) is 4.98 Å². The number of nitrogens with zero attached hydrogens (tertiary/aromatic N) is 2. The highest BCUT2D eigenvalue weighted by molar-refractivity contribution is 7.90. The first kappa shape index (κ1) is 18.8. The second-order valence-corrected chi connectivity index (χ2v) is 9.87. The van der Waals surface area contributed by atoms with Gasteiger partial charge in [0.05, 0.1) is 16.1 Å². The Hall–Kier alpha value is -3.90. The molecule has 0 N–H and O–H groups in total. The summed E-state index contributed by atoms with van der Waals surface area (Å²) in [5, 5.41) is 2.28. The molecule has 0 saturated carbocycles. The molecular formula is C26H18N2O3S. The smallest absolute Gasteiger partial charge is 0.307 e. The maximum absolute atomic E-state index is 12.0. The molecule has 32 heavy (non-hydrogen) atoms. The zero-order chi connectivity index (χ0) is 21.9. The number of sulfone groups is 1. The van der Waals surface area contributed by atoms with E-state index < -0.39 is 9.84 Å². The van der Waals surface area contributed by atoms with E-state index in [1.165, 1.54) is 6.26 Å². The molecule has 0 aliphatic heterocycles. The van der Waals surface area contributed by atoms with Crippen molar-refractivity contribution < 1.29 is 12.8 Å². The Labute approximate surface area is 184 Å². The van der Waals surface area contributed by atoms with E-state index >= 15 is 0 Å². The number of imidazole rings is 1. The highest BCUT2D eigenvalue weighted by Gasteiger charge is 2.21. The van der Waals surface area contributed by atoms with Crippen molar-refractivity contribution in [1.29, 1.82) is 0 Å². The molecule has 0 saturated heterocycles. The van der Waals surface area contributed by atoms with E-state index in [0.29, 0.717) is 5.84 Å². The summed E-state index contributed by atoms with van der Waals surface area (Å²) in [5.41, 5.74) is 5.12. The zero-order valence-corrected chi connectivity index (χ0v) is 18.0. The van der Waals surface area contributed by atoms with E-state index in [1.54, 1.807) is 12.1 Å². The minimum atomic E-state index is -3.28. The molecule has 0 aliphatic carbocycles. The SMILES string of the molecule is CS(=O)(=O)c1ccc(-c2c(-c3ccc4ccccc4c3)nc3oc4ccccc4n23)cc1. The Morgan fingerprint density at radius 3 is 2.25 bits per heavy atom. The topological polar surface area (TPSA) is 64.6 Å². The lowest BCUT2D eigenvalue weighted by atomic mass is 10.0. The summed E-state index contributed by atoms with van der Waals surface area (Å²) in [7, 11) is -3.28. The molecule has 0 bridgehead atoms. The van der Waals surface area contributed by atoms with Gasteiger partial charge >= 0.3 is 5.84 Å². The van der Waals surface area contributed by atoms with E-state index in [0.717, 1.165) is 44.4 Å². The summed E-state index contributed by atoms with van der Waals surface area (Å²) in [4.78, 5) is 5.14. The molecule has 6 heteroatoms. The maximum atomic E-state index is 12.0. The second-order valence-electron chi connectivity index (χ2n) is 7.86. The third kappa shape index (κ3) is 2.92. The van der Waals surface area contributed by atoms with Gasteiger partial charge in [-0.3, -0.25) is 4.40 Å². The molecule has 0 fully saturated rings. The highest BCUT2D eigenvalue weighted by atomic mass is 32.2. The van der Waals surface area contributed by atoms with Gasteiger partial charge < -0.3 is 4.42 Å². The summed E-state index contributed by atoms with van der Waals surface area (Å²) in [5.74, 6) is 0.497. The maximum Gasteiger partial charge on any atom is 0.307 e. The van der Waals surface area contributed by atoms with Crippen molar-refractivity contribution in [2.24, 2.45) is 0 Å². The summed E-state index contributed by atoms with van der Waals surface area (Å²) in [6, 6.07) is 29.2. The Morgan fingerprint density at radius 2 is 1.47 bits per heavy atom. The number of benzene rings is 4. The molecule has 0 amide bonds. The number of fused-ring (bicyclic) bond motifs is 4. The molecule has 0 unspecified atom stereocenters. The minimum Gasteiger partial charge on any atom is -0.423 e. The molecule has 156 valence electrons. The van der Waals surface area contributed by atoms with Gasteiger partial charge in [-0.25, -0.2) is 8.42 Å². The molecule has 0 atom stereocenters. The fourth-order valence-corrected chi connectivity index (χ4v) is 4.81. The Morgan fingerprint density at radius 1 is 0.781 bits per heavy atom. The number of para-hydroxylation sites is 2. The van der Waals surface area contributed by atoms with Crippen LogP contribution >= 0.6 is 0 Å². The first-order valence-corrected chi connectivity index (χ1v) is 12.1. The largest absolute Gasteiger partial charge is 0.423 e. The lowest BCUT2D eigenvalue weighted by Gasteiger charge is -2.08. The van der Waals surface area contributed by atoms with Crippen LogP contribution in [0.25, 0.3) is 50.2 Å². The van der Waals surface area contributed by atoms with Crippen LogP contribution in [0, 0.1) is 0 Å². The lowest BCUT2D eigenvalue weighted by Crippen LogP contribution is -1.97. The van der Waals surface area contributed by atoms with Gasteiger partial charge in [0.25, 0.3) is 0 Å². The van der Waals surface area contributed by atoms with Gasteiger partial charge in [0.2, 0.25) is 0 Å². The van der Waals surface area contributed by atoms with Crippen LogP contribution in [-0.2, 0) is 9.84 Å². The fraction of sp³-hybridized carbons (Fsp3) is 0.0385. The van der Waals surface area contributed by atoms with Crippen molar-refractivity contribution in [3.05, 3.63) is 91.0 Å². The highest BCUT2D eigenvalue weighted by Crippen LogP contribution is 2.37. The van der Waals surface area contributed by atoms with Crippen molar-refractivity contribution >= 4 is 37.6 Å². The van der Waals surface area contributed by atoms with Gasteiger partial charge in [0, 0.05) is 17.4 Å². The number of oxazole rings is 1. The van der Waals surface area contributed by atoms with Crippen molar-refractivity contribution in [3.8, 4) is 22.5 Å². The van der Waals surface area contributed by atoms with Gasteiger partial charge in [-0.15, -0.1) is 0 Å². The van der Waals surface area contributed by atoms with Crippen LogP contribution in [0.1, 0.15) is 0 Å². The molecule has 2 heterocycles. The Kier molecular flexibility index (Phi) is 4.00. The summed E-state index contributed by atoms with van der Waals surface area (Å²) >= 11 is 0. The summed E-state index contributed by atoms with van der Waals surface area (Å²) in [6.07, 6.45) is 1.21. The summed E-state index contributed by atoms with van der Waals surface area (Å²) in [6.45, 7) is 0. The average molecular weight is 439 g/mol. The van der Waals surface area contributed by atoms with Crippen LogP contribution in [0.3, 0.4) is 0 Å². The van der Waals surface area contributed by atoms with Crippen LogP contribution in [0.4, 0.5) is 0 Å². The first-order valence-electron chi connectivity index (χ1n) is 10.2. The summed E-state index contributed by atoms with van der Waals surface area (Å²) < 4.78 is 31.9. The molecule has 5 nitrogen and oxygen atoms in total. The standard InChI is InChI=1S/C26H18N2O3S/c1-32(29,30)21-14-12-18(13-15-21)25-24(20-11-10-17-6-2-3-7-19(17)16-20)27-26-28(25)22-8-4-5-9-23(22)31-26/h2-16H,1H3. The van der Waals surface area contributed by atoms with Crippen LogP contribution in [-0.4, -0.2) is 24.1 Å². The predicted molar refractivity (Wildman–Crippen MR) is 126 cm³/mol. The van der Waals surface area contributed by atoms with E-state index in [-0.39, 0.29) is 4.90 Å². The van der Waals surface area contributed by atoms with Crippen LogP contribution in [0.2, 0.25) is 0 Å². The quantitative estimate of drug-likeness (QED) is 0.341. The van der Waals surface area contributed by atoms with Crippen LogP contribution in [0.5, 0.6) is 0 Å². The van der Waals surface area contributed by atoms with Gasteiger partial charge in [0.15, 0.2) is 15.4 Å². The molecule has 4 aromatic carbocycles. The van der Waals surface area contributed by atoms with Crippen molar-refractivity contribution in [3.63, 3.8) is 0 Å². The Bertz CT molecular complexity index is 1740. The predicted octanol–water partition coefficient (Wildman–Crippen LogP) is 5.97. The third-order valence-corrected chi connectivity index (χ3v) is 6.86. The first-order chi connectivity index (χ1) is 15.5. The molecule has 6 rings (SSSR count). The van der Waals surface area contributed by atoms with Gasteiger partial charge in [0.1, 0.15) is 5.69 Å². The minimum absolute atomic E-state index is 0.284. The Balaban J connectivity index is 1.66. The zero-order valence-electron chi connectivity index (χ0n) is 17.2. The van der Waals surface area contributed by atoms with E-state index in [1.807, 2.05) is 52.9 Å². The second kappa shape index (κ2) is 6.80. The normalized spacial score (nSPS) is 12.2. The van der Waals surface area contributed by atoms with Gasteiger partial charge in [-0.1, -0.05) is 60.7 Å². The van der Waals surface area contributed by atoms with E-state index in [9.17, 15) is 8.42 Å². The van der Waals surface area contributed by atoms with E-state index in [2.05, 4.69) is 30.3 Å². The van der Waals surface area contributed by atoms with E-state index in [4.69, 9.17) is 9.40 Å². The number of hydrogen-bond acceptors (Lipinski definition) is 4. The molecule has 0 radical (unpaired) electrons.